The first kappa shape index (κ1) is 12.8. The van der Waals surface area contributed by atoms with Gasteiger partial charge in [0.2, 0.25) is 0 Å². The minimum atomic E-state index is 0.425. The fourth-order valence-electron chi connectivity index (χ4n) is 2.36. The van der Waals surface area contributed by atoms with E-state index in [0.717, 1.165) is 11.0 Å². The summed E-state index contributed by atoms with van der Waals surface area (Å²) in [5.41, 5.74) is 0. The van der Waals surface area contributed by atoms with Gasteiger partial charge in [0, 0.05) is 12.1 Å². The number of rotatable bonds is 3. The third kappa shape index (κ3) is 4.37. The average molecular weight is 228 g/mol. The largest absolute Gasteiger partial charge is 0.361 e. The van der Waals surface area contributed by atoms with Crippen molar-refractivity contribution in [2.45, 2.75) is 65.0 Å². The van der Waals surface area contributed by atoms with Gasteiger partial charge in [-0.05, 0) is 44.8 Å². The molecule has 0 aliphatic heterocycles. The third-order valence-electron chi connectivity index (χ3n) is 3.17. The first-order chi connectivity index (χ1) is 7.13. The van der Waals surface area contributed by atoms with Gasteiger partial charge in [-0.3, -0.25) is 0 Å². The molecule has 0 heterocycles. The summed E-state index contributed by atoms with van der Waals surface area (Å²) in [6.07, 6.45) is 6.64. The first-order valence-electron chi connectivity index (χ1n) is 6.20. The Morgan fingerprint density at radius 3 is 2.60 bits per heavy atom. The van der Waals surface area contributed by atoms with Crippen LogP contribution in [0.2, 0.25) is 0 Å². The van der Waals surface area contributed by atoms with Crippen molar-refractivity contribution in [3.63, 3.8) is 0 Å². The van der Waals surface area contributed by atoms with E-state index in [-0.39, 0.29) is 0 Å². The topological polar surface area (TPSA) is 24.1 Å². The molecular weight excluding hydrogens is 204 g/mol. The summed E-state index contributed by atoms with van der Waals surface area (Å²) in [7, 11) is 0. The van der Waals surface area contributed by atoms with E-state index >= 15 is 0 Å². The number of hydrogen-bond donors (Lipinski definition) is 2. The summed E-state index contributed by atoms with van der Waals surface area (Å²) in [6, 6.07) is 1.02. The van der Waals surface area contributed by atoms with Crippen LogP contribution in [-0.2, 0) is 0 Å². The van der Waals surface area contributed by atoms with E-state index in [2.05, 4.69) is 31.4 Å². The van der Waals surface area contributed by atoms with Gasteiger partial charge in [0.1, 0.15) is 0 Å². The van der Waals surface area contributed by atoms with Crippen LogP contribution in [0.15, 0.2) is 0 Å². The number of thiocarbonyl (C=S) groups is 1. The normalized spacial score (nSPS) is 26.4. The predicted molar refractivity (Wildman–Crippen MR) is 70.0 cm³/mol. The second kappa shape index (κ2) is 6.31. The molecule has 2 atom stereocenters. The van der Waals surface area contributed by atoms with Crippen LogP contribution in [0.3, 0.4) is 0 Å². The molecule has 0 spiro atoms. The molecule has 15 heavy (non-hydrogen) atoms. The lowest BCUT2D eigenvalue weighted by Crippen LogP contribution is -2.48. The highest BCUT2D eigenvalue weighted by Gasteiger charge is 2.23. The van der Waals surface area contributed by atoms with Gasteiger partial charge < -0.3 is 10.6 Å². The van der Waals surface area contributed by atoms with E-state index < -0.39 is 0 Å². The smallest absolute Gasteiger partial charge is 0.166 e. The molecule has 0 saturated heterocycles. The lowest BCUT2D eigenvalue weighted by Gasteiger charge is -2.32. The summed E-state index contributed by atoms with van der Waals surface area (Å²) >= 11 is 5.29. The molecule has 2 unspecified atom stereocenters. The standard InChI is InChI=1S/C12H24N2S/c1-4-10-7-5-6-8-11(10)14-12(15)13-9(2)3/h9-11H,4-8H2,1-3H3,(H2,13,14,15). The monoisotopic (exact) mass is 228 g/mol. The van der Waals surface area contributed by atoms with Crippen LogP contribution < -0.4 is 10.6 Å². The SMILES string of the molecule is CCC1CCCCC1NC(=S)NC(C)C. The van der Waals surface area contributed by atoms with Crippen molar-refractivity contribution in [3.05, 3.63) is 0 Å². The number of hydrogen-bond acceptors (Lipinski definition) is 1. The Morgan fingerprint density at radius 2 is 2.00 bits per heavy atom. The van der Waals surface area contributed by atoms with Crippen molar-refractivity contribution < 1.29 is 0 Å². The molecule has 0 amide bonds. The van der Waals surface area contributed by atoms with E-state index in [9.17, 15) is 0 Å². The summed E-state index contributed by atoms with van der Waals surface area (Å²) in [4.78, 5) is 0. The van der Waals surface area contributed by atoms with Crippen LogP contribution >= 0.6 is 12.2 Å². The summed E-state index contributed by atoms with van der Waals surface area (Å²) in [5, 5.41) is 7.56. The minimum Gasteiger partial charge on any atom is -0.361 e. The molecule has 0 aromatic rings. The molecule has 2 N–H and O–H groups in total. The van der Waals surface area contributed by atoms with Crippen molar-refractivity contribution in [2.24, 2.45) is 5.92 Å². The number of nitrogens with one attached hydrogen (secondary N) is 2. The van der Waals surface area contributed by atoms with E-state index in [0.29, 0.717) is 12.1 Å². The minimum absolute atomic E-state index is 0.425. The molecule has 0 aromatic carbocycles. The average Bonchev–Trinajstić information content (AvgIpc) is 2.17. The van der Waals surface area contributed by atoms with Crippen LogP contribution in [0.4, 0.5) is 0 Å². The van der Waals surface area contributed by atoms with Crippen LogP contribution in [0.1, 0.15) is 52.9 Å². The highest BCUT2D eigenvalue weighted by atomic mass is 32.1. The molecule has 1 fully saturated rings. The molecular formula is C12H24N2S. The zero-order chi connectivity index (χ0) is 11.3. The van der Waals surface area contributed by atoms with Crippen molar-refractivity contribution in [1.82, 2.24) is 10.6 Å². The highest BCUT2D eigenvalue weighted by Crippen LogP contribution is 2.26. The lowest BCUT2D eigenvalue weighted by molar-refractivity contribution is 0.279. The third-order valence-corrected chi connectivity index (χ3v) is 3.41. The quantitative estimate of drug-likeness (QED) is 0.726. The van der Waals surface area contributed by atoms with Gasteiger partial charge in [0.15, 0.2) is 5.11 Å². The maximum Gasteiger partial charge on any atom is 0.166 e. The molecule has 88 valence electrons. The molecule has 0 radical (unpaired) electrons. The molecule has 1 saturated carbocycles. The second-order valence-corrected chi connectivity index (χ2v) is 5.24. The maximum atomic E-state index is 5.29. The van der Waals surface area contributed by atoms with E-state index in [1.54, 1.807) is 0 Å². The maximum absolute atomic E-state index is 5.29. The Labute approximate surface area is 99.2 Å². The Kier molecular flexibility index (Phi) is 5.37. The van der Waals surface area contributed by atoms with Gasteiger partial charge in [-0.1, -0.05) is 26.2 Å². The Morgan fingerprint density at radius 1 is 1.33 bits per heavy atom. The van der Waals surface area contributed by atoms with Gasteiger partial charge in [-0.25, -0.2) is 0 Å². The molecule has 0 bridgehead atoms. The van der Waals surface area contributed by atoms with Crippen LogP contribution in [-0.4, -0.2) is 17.2 Å². The summed E-state index contributed by atoms with van der Waals surface area (Å²) < 4.78 is 0. The molecule has 2 nitrogen and oxygen atoms in total. The van der Waals surface area contributed by atoms with Gasteiger partial charge in [0.25, 0.3) is 0 Å². The predicted octanol–water partition coefficient (Wildman–Crippen LogP) is 2.83. The van der Waals surface area contributed by atoms with E-state index in [4.69, 9.17) is 12.2 Å². The zero-order valence-electron chi connectivity index (χ0n) is 10.2. The molecule has 1 aliphatic carbocycles. The fraction of sp³-hybridized carbons (Fsp3) is 0.917. The first-order valence-corrected chi connectivity index (χ1v) is 6.61. The zero-order valence-corrected chi connectivity index (χ0v) is 11.0. The van der Waals surface area contributed by atoms with Crippen molar-refractivity contribution in [3.8, 4) is 0 Å². The second-order valence-electron chi connectivity index (χ2n) is 4.83. The highest BCUT2D eigenvalue weighted by molar-refractivity contribution is 7.80. The summed E-state index contributed by atoms with van der Waals surface area (Å²) in [5.74, 6) is 0.811. The lowest BCUT2D eigenvalue weighted by atomic mass is 9.83. The summed E-state index contributed by atoms with van der Waals surface area (Å²) in [6.45, 7) is 6.52. The Bertz CT molecular complexity index is 204. The van der Waals surface area contributed by atoms with Crippen LogP contribution in [0, 0.1) is 5.92 Å². The Hall–Kier alpha value is -0.310. The van der Waals surface area contributed by atoms with Gasteiger partial charge >= 0.3 is 0 Å². The van der Waals surface area contributed by atoms with Crippen LogP contribution in [0.5, 0.6) is 0 Å². The molecule has 3 heteroatoms. The van der Waals surface area contributed by atoms with Crippen molar-refractivity contribution in [2.75, 3.05) is 0 Å². The van der Waals surface area contributed by atoms with Gasteiger partial charge in [-0.2, -0.15) is 0 Å². The van der Waals surface area contributed by atoms with Gasteiger partial charge in [0.05, 0.1) is 0 Å². The van der Waals surface area contributed by atoms with Crippen molar-refractivity contribution in [1.29, 1.82) is 0 Å². The van der Waals surface area contributed by atoms with Crippen LogP contribution in [0.25, 0.3) is 0 Å². The van der Waals surface area contributed by atoms with E-state index in [1.165, 1.54) is 32.1 Å². The van der Waals surface area contributed by atoms with Gasteiger partial charge in [-0.15, -0.1) is 0 Å². The molecule has 1 aliphatic rings. The molecule has 0 aromatic heterocycles. The van der Waals surface area contributed by atoms with E-state index in [1.807, 2.05) is 0 Å². The van der Waals surface area contributed by atoms with Crippen molar-refractivity contribution >= 4 is 17.3 Å². The Balaban J connectivity index is 2.37. The fourth-order valence-corrected chi connectivity index (χ4v) is 2.75. The molecule has 1 rings (SSSR count).